The van der Waals surface area contributed by atoms with E-state index in [1.54, 1.807) is 21.0 Å². The van der Waals surface area contributed by atoms with Crippen LogP contribution in [0.25, 0.3) is 11.8 Å². The van der Waals surface area contributed by atoms with E-state index in [-0.39, 0.29) is 6.10 Å². The van der Waals surface area contributed by atoms with Gasteiger partial charge in [0.05, 0.1) is 19.0 Å². The third kappa shape index (κ3) is 5.64. The van der Waals surface area contributed by atoms with Gasteiger partial charge in [0.1, 0.15) is 6.33 Å². The van der Waals surface area contributed by atoms with Gasteiger partial charge in [-0.1, -0.05) is 6.08 Å². The van der Waals surface area contributed by atoms with Gasteiger partial charge in [0, 0.05) is 17.8 Å². The first-order valence-electron chi connectivity index (χ1n) is 6.65. The van der Waals surface area contributed by atoms with Crippen molar-refractivity contribution in [3.05, 3.63) is 36.1 Å². The molecular weight excluding hydrogens is 270 g/mol. The number of ether oxygens (including phenoxy) is 2. The Morgan fingerprint density at radius 3 is 2.71 bits per heavy atom. The smallest absolute Gasteiger partial charge is 0.332 e. The summed E-state index contributed by atoms with van der Waals surface area (Å²) in [5.74, 6) is 0.898. The Hall–Kier alpha value is -2.37. The summed E-state index contributed by atoms with van der Waals surface area (Å²) in [6.45, 7) is 7.33. The number of carbonyl (C=O) groups excluding carboxylic acids is 1. The molecule has 0 aliphatic heterocycles. The highest BCUT2D eigenvalue weighted by Gasteiger charge is 2.05. The average molecular weight is 291 g/mol. The molecule has 1 aromatic heterocycles. The second-order valence-electron chi connectivity index (χ2n) is 4.55. The summed E-state index contributed by atoms with van der Waals surface area (Å²) in [5, 5.41) is 4.26. The molecule has 0 spiro atoms. The Kier molecular flexibility index (Phi) is 6.39. The molecule has 0 saturated carbocycles. The van der Waals surface area contributed by atoms with Crippen molar-refractivity contribution in [2.24, 2.45) is 0 Å². The Morgan fingerprint density at radius 1 is 1.43 bits per heavy atom. The highest BCUT2D eigenvalue weighted by molar-refractivity contribution is 5.85. The third-order valence-corrected chi connectivity index (χ3v) is 2.47. The molecule has 114 valence electrons. The van der Waals surface area contributed by atoms with E-state index in [0.29, 0.717) is 5.82 Å². The molecule has 0 aromatic carbocycles. The fourth-order valence-corrected chi connectivity index (χ4v) is 1.44. The SMILES string of the molecule is CC=C(C=C(C)OC)c1ncn(C=CC(=O)OC(C)C)n1. The van der Waals surface area contributed by atoms with Crippen molar-refractivity contribution in [3.63, 3.8) is 0 Å². The molecule has 0 unspecified atom stereocenters. The van der Waals surface area contributed by atoms with Crippen molar-refractivity contribution in [1.82, 2.24) is 14.8 Å². The van der Waals surface area contributed by atoms with E-state index in [9.17, 15) is 4.79 Å². The number of carbonyl (C=O) groups is 1. The summed E-state index contributed by atoms with van der Waals surface area (Å²) in [6, 6.07) is 0. The first-order valence-corrected chi connectivity index (χ1v) is 6.65. The van der Waals surface area contributed by atoms with E-state index >= 15 is 0 Å². The third-order valence-electron chi connectivity index (χ3n) is 2.47. The van der Waals surface area contributed by atoms with E-state index < -0.39 is 5.97 Å². The maximum absolute atomic E-state index is 11.4. The fourth-order valence-electron chi connectivity index (χ4n) is 1.44. The summed E-state index contributed by atoms with van der Waals surface area (Å²) in [7, 11) is 1.61. The number of rotatable bonds is 6. The molecule has 0 radical (unpaired) electrons. The molecule has 0 aliphatic carbocycles. The van der Waals surface area contributed by atoms with E-state index in [1.165, 1.54) is 23.3 Å². The van der Waals surface area contributed by atoms with Crippen LogP contribution in [0.4, 0.5) is 0 Å². The maximum atomic E-state index is 11.4. The number of hydrogen-bond donors (Lipinski definition) is 0. The van der Waals surface area contributed by atoms with Crippen LogP contribution in [0.2, 0.25) is 0 Å². The van der Waals surface area contributed by atoms with Crippen molar-refractivity contribution >= 4 is 17.7 Å². The summed E-state index contributed by atoms with van der Waals surface area (Å²) in [5.41, 5.74) is 0.839. The molecule has 0 fully saturated rings. The number of allylic oxidation sites excluding steroid dienone is 4. The minimum Gasteiger partial charge on any atom is -0.501 e. The minimum absolute atomic E-state index is 0.148. The van der Waals surface area contributed by atoms with Gasteiger partial charge in [0.2, 0.25) is 0 Å². The zero-order chi connectivity index (χ0) is 15.8. The van der Waals surface area contributed by atoms with Gasteiger partial charge in [-0.15, -0.1) is 5.10 Å². The zero-order valence-corrected chi connectivity index (χ0v) is 13.0. The molecule has 1 rings (SSSR count). The summed E-state index contributed by atoms with van der Waals surface area (Å²) >= 11 is 0. The first kappa shape index (κ1) is 16.7. The van der Waals surface area contributed by atoms with Crippen molar-refractivity contribution in [2.75, 3.05) is 7.11 Å². The molecule has 0 aliphatic rings. The van der Waals surface area contributed by atoms with Gasteiger partial charge in [0.15, 0.2) is 5.82 Å². The first-order chi connectivity index (χ1) is 9.96. The van der Waals surface area contributed by atoms with Gasteiger partial charge in [-0.25, -0.2) is 14.5 Å². The normalized spacial score (nSPS) is 13.0. The van der Waals surface area contributed by atoms with E-state index in [2.05, 4.69) is 10.1 Å². The molecule has 6 nitrogen and oxygen atoms in total. The van der Waals surface area contributed by atoms with E-state index in [0.717, 1.165) is 11.3 Å². The lowest BCUT2D eigenvalue weighted by molar-refractivity contribution is -0.141. The van der Waals surface area contributed by atoms with Gasteiger partial charge >= 0.3 is 5.97 Å². The van der Waals surface area contributed by atoms with Gasteiger partial charge in [-0.05, 0) is 33.8 Å². The lowest BCUT2D eigenvalue weighted by Gasteiger charge is -2.03. The molecule has 0 amide bonds. The summed E-state index contributed by atoms with van der Waals surface area (Å²) in [6.07, 6.45) is 7.92. The van der Waals surface area contributed by atoms with Crippen LogP contribution in [0.5, 0.6) is 0 Å². The van der Waals surface area contributed by atoms with E-state index in [1.807, 2.05) is 26.0 Å². The number of aromatic nitrogens is 3. The minimum atomic E-state index is -0.413. The highest BCUT2D eigenvalue weighted by atomic mass is 16.5. The van der Waals surface area contributed by atoms with Crippen molar-refractivity contribution in [2.45, 2.75) is 33.8 Å². The van der Waals surface area contributed by atoms with Crippen LogP contribution >= 0.6 is 0 Å². The number of hydrogen-bond acceptors (Lipinski definition) is 5. The Bertz CT molecular complexity index is 568. The second-order valence-corrected chi connectivity index (χ2v) is 4.55. The van der Waals surface area contributed by atoms with Crippen molar-refractivity contribution in [3.8, 4) is 0 Å². The van der Waals surface area contributed by atoms with Crippen LogP contribution in [0.1, 0.15) is 33.5 Å². The summed E-state index contributed by atoms with van der Waals surface area (Å²) in [4.78, 5) is 15.6. The van der Waals surface area contributed by atoms with Gasteiger partial charge in [0.25, 0.3) is 0 Å². The van der Waals surface area contributed by atoms with E-state index in [4.69, 9.17) is 9.47 Å². The quantitative estimate of drug-likeness (QED) is 0.349. The molecule has 1 heterocycles. The van der Waals surface area contributed by atoms with Crippen molar-refractivity contribution < 1.29 is 14.3 Å². The monoisotopic (exact) mass is 291 g/mol. The molecule has 1 aromatic rings. The van der Waals surface area contributed by atoms with Crippen LogP contribution < -0.4 is 0 Å². The predicted octanol–water partition coefficient (Wildman–Crippen LogP) is 2.65. The topological polar surface area (TPSA) is 66.2 Å². The maximum Gasteiger partial charge on any atom is 0.332 e. The largest absolute Gasteiger partial charge is 0.501 e. The second kappa shape index (κ2) is 8.04. The Morgan fingerprint density at radius 2 is 2.14 bits per heavy atom. The van der Waals surface area contributed by atoms with Crippen LogP contribution in [0, 0.1) is 0 Å². The standard InChI is InChI=1S/C15H21N3O3/c1-6-13(9-12(4)20-5)15-16-10-18(17-15)8-7-14(19)21-11(2)3/h6-11H,1-5H3. The number of esters is 1. The van der Waals surface area contributed by atoms with Crippen LogP contribution in [0.3, 0.4) is 0 Å². The lowest BCUT2D eigenvalue weighted by atomic mass is 10.2. The van der Waals surface area contributed by atoms with Crippen molar-refractivity contribution in [1.29, 1.82) is 0 Å². The molecule has 6 heteroatoms. The Labute approximate surface area is 124 Å². The molecular formula is C15H21N3O3. The molecule has 0 N–H and O–H groups in total. The molecule has 0 atom stereocenters. The van der Waals surface area contributed by atoms with Crippen LogP contribution in [-0.4, -0.2) is 33.9 Å². The summed E-state index contributed by atoms with van der Waals surface area (Å²) < 4.78 is 11.6. The fraction of sp³-hybridized carbons (Fsp3) is 0.400. The van der Waals surface area contributed by atoms with Gasteiger partial charge in [-0.3, -0.25) is 0 Å². The van der Waals surface area contributed by atoms with Crippen LogP contribution in [0.15, 0.2) is 30.3 Å². The van der Waals surface area contributed by atoms with Gasteiger partial charge < -0.3 is 9.47 Å². The number of methoxy groups -OCH3 is 1. The number of nitrogens with zero attached hydrogens (tertiary/aromatic N) is 3. The molecule has 0 saturated heterocycles. The van der Waals surface area contributed by atoms with Gasteiger partial charge in [-0.2, -0.15) is 0 Å². The molecule has 0 bridgehead atoms. The predicted molar refractivity (Wildman–Crippen MR) is 81.0 cm³/mol. The van der Waals surface area contributed by atoms with Crippen LogP contribution in [-0.2, 0) is 14.3 Å². The lowest BCUT2D eigenvalue weighted by Crippen LogP contribution is -2.08. The average Bonchev–Trinajstić information content (AvgIpc) is 2.90. The Balaban J connectivity index is 2.81. The molecule has 21 heavy (non-hydrogen) atoms. The highest BCUT2D eigenvalue weighted by Crippen LogP contribution is 2.13. The zero-order valence-electron chi connectivity index (χ0n) is 13.0.